The number of rotatable bonds is 4. The second-order valence-electron chi connectivity index (χ2n) is 5.79. The second kappa shape index (κ2) is 6.79. The van der Waals surface area contributed by atoms with Crippen molar-refractivity contribution in [3.05, 3.63) is 48.0 Å². The summed E-state index contributed by atoms with van der Waals surface area (Å²) in [4.78, 5) is 26.0. The van der Waals surface area contributed by atoms with E-state index in [9.17, 15) is 9.59 Å². The number of hydrogen-bond acceptors (Lipinski definition) is 3. The van der Waals surface area contributed by atoms with E-state index < -0.39 is 6.04 Å². The van der Waals surface area contributed by atoms with Gasteiger partial charge >= 0.3 is 0 Å². The molecule has 1 aliphatic heterocycles. The van der Waals surface area contributed by atoms with Gasteiger partial charge in [-0.05, 0) is 16.3 Å². The Morgan fingerprint density at radius 2 is 2.04 bits per heavy atom. The van der Waals surface area contributed by atoms with Gasteiger partial charge < -0.3 is 10.6 Å². The Morgan fingerprint density at radius 3 is 2.87 bits per heavy atom. The lowest BCUT2D eigenvalue weighted by atomic mass is 10.0. The molecule has 3 rings (SSSR count). The lowest BCUT2D eigenvalue weighted by Crippen LogP contribution is -2.56. The molecule has 1 fully saturated rings. The molecule has 23 heavy (non-hydrogen) atoms. The van der Waals surface area contributed by atoms with Crippen molar-refractivity contribution in [2.24, 2.45) is 0 Å². The summed E-state index contributed by atoms with van der Waals surface area (Å²) in [5.74, 6) is -0.185. The third-order valence-electron chi connectivity index (χ3n) is 4.35. The number of carbonyl (C=O) groups is 2. The van der Waals surface area contributed by atoms with Crippen molar-refractivity contribution in [1.82, 2.24) is 15.5 Å². The van der Waals surface area contributed by atoms with E-state index in [4.69, 9.17) is 0 Å². The molecular formula is C18H21N3O2. The molecule has 1 atom stereocenters. The zero-order chi connectivity index (χ0) is 16.2. The van der Waals surface area contributed by atoms with Gasteiger partial charge in [-0.1, -0.05) is 42.5 Å². The predicted octanol–water partition coefficient (Wildman–Crippen LogP) is 1.28. The molecule has 0 spiro atoms. The summed E-state index contributed by atoms with van der Waals surface area (Å²) < 4.78 is 0. The molecule has 120 valence electrons. The van der Waals surface area contributed by atoms with Gasteiger partial charge in [-0.15, -0.1) is 0 Å². The van der Waals surface area contributed by atoms with E-state index >= 15 is 0 Å². The van der Waals surface area contributed by atoms with Crippen LogP contribution in [0.1, 0.15) is 12.0 Å². The first-order chi connectivity index (χ1) is 11.2. The predicted molar refractivity (Wildman–Crippen MR) is 89.8 cm³/mol. The molecule has 2 aromatic carbocycles. The zero-order valence-electron chi connectivity index (χ0n) is 13.2. The first-order valence-electron chi connectivity index (χ1n) is 7.88. The van der Waals surface area contributed by atoms with E-state index in [1.54, 1.807) is 7.05 Å². The van der Waals surface area contributed by atoms with Crippen LogP contribution in [0.15, 0.2) is 42.5 Å². The van der Waals surface area contributed by atoms with Gasteiger partial charge in [-0.3, -0.25) is 14.5 Å². The van der Waals surface area contributed by atoms with Crippen molar-refractivity contribution in [2.75, 3.05) is 20.1 Å². The molecule has 0 radical (unpaired) electrons. The van der Waals surface area contributed by atoms with Crippen molar-refractivity contribution in [1.29, 1.82) is 0 Å². The largest absolute Gasteiger partial charge is 0.359 e. The number of benzene rings is 2. The van der Waals surface area contributed by atoms with Gasteiger partial charge in [0.2, 0.25) is 11.8 Å². The van der Waals surface area contributed by atoms with Crippen molar-refractivity contribution in [2.45, 2.75) is 19.0 Å². The van der Waals surface area contributed by atoms with E-state index in [0.717, 1.165) is 6.54 Å². The highest BCUT2D eigenvalue weighted by atomic mass is 16.2. The van der Waals surface area contributed by atoms with Gasteiger partial charge in [0.1, 0.15) is 0 Å². The first kappa shape index (κ1) is 15.5. The van der Waals surface area contributed by atoms with Crippen molar-refractivity contribution < 1.29 is 9.59 Å². The summed E-state index contributed by atoms with van der Waals surface area (Å²) in [5.41, 5.74) is 1.18. The average Bonchev–Trinajstić information content (AvgIpc) is 2.58. The van der Waals surface area contributed by atoms with Gasteiger partial charge in [0.05, 0.1) is 12.5 Å². The molecule has 0 unspecified atom stereocenters. The van der Waals surface area contributed by atoms with E-state index in [2.05, 4.69) is 39.8 Å². The number of carbonyl (C=O) groups excluding carboxylic acids is 2. The molecule has 2 aromatic rings. The van der Waals surface area contributed by atoms with E-state index in [1.807, 2.05) is 18.2 Å². The quantitative estimate of drug-likeness (QED) is 0.894. The van der Waals surface area contributed by atoms with Crippen LogP contribution in [0.5, 0.6) is 0 Å². The maximum absolute atomic E-state index is 12.2. The van der Waals surface area contributed by atoms with Crippen LogP contribution in [0.2, 0.25) is 0 Å². The van der Waals surface area contributed by atoms with Crippen LogP contribution in [-0.2, 0) is 16.1 Å². The number of hydrogen-bond donors (Lipinski definition) is 2. The lowest BCUT2D eigenvalue weighted by molar-refractivity contribution is -0.134. The molecule has 5 heteroatoms. The summed E-state index contributed by atoms with van der Waals surface area (Å²) in [5, 5.41) is 7.84. The molecule has 0 aromatic heterocycles. The Balaban J connectivity index is 1.86. The normalized spacial score (nSPS) is 18.7. The van der Waals surface area contributed by atoms with E-state index in [1.165, 1.54) is 16.3 Å². The van der Waals surface area contributed by atoms with Crippen LogP contribution in [-0.4, -0.2) is 42.9 Å². The molecule has 2 amide bonds. The summed E-state index contributed by atoms with van der Waals surface area (Å²) >= 11 is 0. The topological polar surface area (TPSA) is 61.4 Å². The zero-order valence-corrected chi connectivity index (χ0v) is 13.2. The maximum Gasteiger partial charge on any atom is 0.237 e. The second-order valence-corrected chi connectivity index (χ2v) is 5.79. The standard InChI is InChI=1S/C18H21N3O2/c1-19-17(22)11-16-18(23)20-9-10-21(16)12-14-7-4-6-13-5-2-3-8-15(13)14/h2-8,16H,9-12H2,1H3,(H,19,22)(H,20,23)/t16-/m0/s1. The van der Waals surface area contributed by atoms with Gasteiger partial charge in [-0.2, -0.15) is 0 Å². The molecule has 0 bridgehead atoms. The molecule has 1 aliphatic rings. The minimum absolute atomic E-state index is 0.0694. The van der Waals surface area contributed by atoms with Gasteiger partial charge in [0, 0.05) is 26.7 Å². The average molecular weight is 311 g/mol. The third kappa shape index (κ3) is 3.35. The van der Waals surface area contributed by atoms with Crippen LogP contribution < -0.4 is 10.6 Å². The smallest absolute Gasteiger partial charge is 0.237 e. The van der Waals surface area contributed by atoms with Gasteiger partial charge in [0.15, 0.2) is 0 Å². The Labute approximate surface area is 135 Å². The number of amides is 2. The van der Waals surface area contributed by atoms with Crippen molar-refractivity contribution in [3.63, 3.8) is 0 Å². The Kier molecular flexibility index (Phi) is 4.57. The molecule has 2 N–H and O–H groups in total. The fourth-order valence-corrected chi connectivity index (χ4v) is 3.10. The van der Waals surface area contributed by atoms with E-state index in [0.29, 0.717) is 13.1 Å². The lowest BCUT2D eigenvalue weighted by Gasteiger charge is -2.34. The summed E-state index contributed by atoms with van der Waals surface area (Å²) in [6, 6.07) is 14.0. The molecule has 5 nitrogen and oxygen atoms in total. The first-order valence-corrected chi connectivity index (χ1v) is 7.88. The van der Waals surface area contributed by atoms with Crippen LogP contribution in [0.4, 0.5) is 0 Å². The number of nitrogens with one attached hydrogen (secondary N) is 2. The maximum atomic E-state index is 12.2. The number of piperazine rings is 1. The molecule has 1 saturated heterocycles. The summed E-state index contributed by atoms with van der Waals surface area (Å²) in [6.45, 7) is 2.03. The summed E-state index contributed by atoms with van der Waals surface area (Å²) in [7, 11) is 1.60. The highest BCUT2D eigenvalue weighted by molar-refractivity contribution is 5.89. The van der Waals surface area contributed by atoms with Crippen molar-refractivity contribution in [3.8, 4) is 0 Å². The van der Waals surface area contributed by atoms with Crippen LogP contribution in [0.25, 0.3) is 10.8 Å². The van der Waals surface area contributed by atoms with Crippen LogP contribution in [0.3, 0.4) is 0 Å². The molecule has 0 saturated carbocycles. The van der Waals surface area contributed by atoms with Crippen LogP contribution >= 0.6 is 0 Å². The molecular weight excluding hydrogens is 290 g/mol. The molecule has 0 aliphatic carbocycles. The van der Waals surface area contributed by atoms with Gasteiger partial charge in [-0.25, -0.2) is 0 Å². The highest BCUT2D eigenvalue weighted by Crippen LogP contribution is 2.22. The highest BCUT2D eigenvalue weighted by Gasteiger charge is 2.31. The minimum atomic E-state index is -0.414. The third-order valence-corrected chi connectivity index (χ3v) is 4.35. The van der Waals surface area contributed by atoms with Crippen molar-refractivity contribution >= 4 is 22.6 Å². The number of nitrogens with zero attached hydrogens (tertiary/aromatic N) is 1. The minimum Gasteiger partial charge on any atom is -0.359 e. The van der Waals surface area contributed by atoms with E-state index in [-0.39, 0.29) is 18.2 Å². The molecule has 1 heterocycles. The number of fused-ring (bicyclic) bond motifs is 1. The fraction of sp³-hybridized carbons (Fsp3) is 0.333. The Bertz CT molecular complexity index is 724. The fourth-order valence-electron chi connectivity index (χ4n) is 3.10. The Morgan fingerprint density at radius 1 is 1.26 bits per heavy atom. The monoisotopic (exact) mass is 311 g/mol. The Hall–Kier alpha value is -2.40. The SMILES string of the molecule is CNC(=O)C[C@H]1C(=O)NCCN1Cc1cccc2ccccc12. The summed E-state index contributed by atoms with van der Waals surface area (Å²) in [6.07, 6.45) is 0.188. The van der Waals surface area contributed by atoms with Gasteiger partial charge in [0.25, 0.3) is 0 Å². The van der Waals surface area contributed by atoms with Crippen LogP contribution in [0, 0.1) is 0 Å².